The topological polar surface area (TPSA) is 37.4 Å². The molecule has 2 rings (SSSR count). The van der Waals surface area contributed by atoms with Crippen molar-refractivity contribution >= 4 is 15.7 Å². The van der Waals surface area contributed by atoms with Gasteiger partial charge in [0.1, 0.15) is 5.82 Å². The Labute approximate surface area is 118 Å². The minimum atomic E-state index is -3.66. The third-order valence-corrected chi connectivity index (χ3v) is 4.98. The van der Waals surface area contributed by atoms with E-state index in [1.807, 2.05) is 19.1 Å². The average Bonchev–Trinajstić information content (AvgIpc) is 2.47. The van der Waals surface area contributed by atoms with Crippen LogP contribution in [0.15, 0.2) is 53.4 Å². The Balaban J connectivity index is 2.35. The van der Waals surface area contributed by atoms with Crippen LogP contribution in [0.3, 0.4) is 0 Å². The molecular formula is C15H16FNO2S. The van der Waals surface area contributed by atoms with Gasteiger partial charge in [-0.05, 0) is 48.4 Å². The number of anilines is 1. The first kappa shape index (κ1) is 14.5. The molecule has 0 atom stereocenters. The van der Waals surface area contributed by atoms with Gasteiger partial charge in [-0.15, -0.1) is 0 Å². The summed E-state index contributed by atoms with van der Waals surface area (Å²) in [7, 11) is -2.18. The molecule has 0 heterocycles. The number of hydrogen-bond donors (Lipinski definition) is 0. The van der Waals surface area contributed by atoms with E-state index in [2.05, 4.69) is 0 Å². The summed E-state index contributed by atoms with van der Waals surface area (Å²) in [5.41, 5.74) is 1.72. The maximum Gasteiger partial charge on any atom is 0.264 e. The lowest BCUT2D eigenvalue weighted by Gasteiger charge is -2.19. The summed E-state index contributed by atoms with van der Waals surface area (Å²) in [6.45, 7) is 2.04. The van der Waals surface area contributed by atoms with Gasteiger partial charge < -0.3 is 0 Å². The highest BCUT2D eigenvalue weighted by Gasteiger charge is 2.21. The highest BCUT2D eigenvalue weighted by Crippen LogP contribution is 2.22. The van der Waals surface area contributed by atoms with Crippen molar-refractivity contribution in [2.45, 2.75) is 18.2 Å². The summed E-state index contributed by atoms with van der Waals surface area (Å²) in [6, 6.07) is 12.1. The molecule has 20 heavy (non-hydrogen) atoms. The van der Waals surface area contributed by atoms with E-state index in [-0.39, 0.29) is 4.90 Å². The number of aryl methyl sites for hydroxylation is 1. The molecular weight excluding hydrogens is 277 g/mol. The quantitative estimate of drug-likeness (QED) is 0.868. The fraction of sp³-hybridized carbons (Fsp3) is 0.200. The van der Waals surface area contributed by atoms with Gasteiger partial charge in [0.25, 0.3) is 10.0 Å². The predicted molar refractivity (Wildman–Crippen MR) is 77.8 cm³/mol. The summed E-state index contributed by atoms with van der Waals surface area (Å²) in [6.07, 6.45) is 0.898. The van der Waals surface area contributed by atoms with E-state index in [9.17, 15) is 12.8 Å². The van der Waals surface area contributed by atoms with Gasteiger partial charge in [0, 0.05) is 7.05 Å². The molecule has 106 valence electrons. The van der Waals surface area contributed by atoms with Crippen molar-refractivity contribution in [2.75, 3.05) is 11.4 Å². The Bertz CT molecular complexity index is 679. The second-order valence-corrected chi connectivity index (χ2v) is 6.42. The standard InChI is InChI=1S/C15H16FNO2S/c1-3-12-4-8-14(9-5-12)17(2)20(18,19)15-10-6-13(16)7-11-15/h4-11H,3H2,1-2H3. The van der Waals surface area contributed by atoms with Gasteiger partial charge in [-0.25, -0.2) is 12.8 Å². The van der Waals surface area contributed by atoms with Gasteiger partial charge in [0.2, 0.25) is 0 Å². The Morgan fingerprint density at radius 3 is 2.05 bits per heavy atom. The normalized spacial score (nSPS) is 11.3. The molecule has 0 N–H and O–H groups in total. The zero-order valence-corrected chi connectivity index (χ0v) is 12.2. The Morgan fingerprint density at radius 2 is 1.55 bits per heavy atom. The average molecular weight is 293 g/mol. The first-order chi connectivity index (χ1) is 9.45. The number of halogens is 1. The van der Waals surface area contributed by atoms with Crippen molar-refractivity contribution in [3.63, 3.8) is 0 Å². The maximum absolute atomic E-state index is 12.9. The van der Waals surface area contributed by atoms with Crippen LogP contribution in [0, 0.1) is 5.82 Å². The van der Waals surface area contributed by atoms with Crippen LogP contribution in [-0.4, -0.2) is 15.5 Å². The monoisotopic (exact) mass is 293 g/mol. The molecule has 0 bridgehead atoms. The molecule has 0 aliphatic carbocycles. The molecule has 0 amide bonds. The van der Waals surface area contributed by atoms with Crippen molar-refractivity contribution in [3.05, 3.63) is 59.9 Å². The summed E-state index contributed by atoms with van der Waals surface area (Å²) in [5, 5.41) is 0. The molecule has 2 aromatic rings. The lowest BCUT2D eigenvalue weighted by molar-refractivity contribution is 0.593. The third-order valence-electron chi connectivity index (χ3n) is 3.18. The smallest absolute Gasteiger partial charge is 0.264 e. The van der Waals surface area contributed by atoms with Crippen molar-refractivity contribution in [1.82, 2.24) is 0 Å². The fourth-order valence-corrected chi connectivity index (χ4v) is 3.04. The SMILES string of the molecule is CCc1ccc(N(C)S(=O)(=O)c2ccc(F)cc2)cc1. The van der Waals surface area contributed by atoms with Crippen LogP contribution in [0.2, 0.25) is 0 Å². The molecule has 0 saturated carbocycles. The van der Waals surface area contributed by atoms with Gasteiger partial charge in [-0.1, -0.05) is 19.1 Å². The van der Waals surface area contributed by atoms with Crippen molar-refractivity contribution in [1.29, 1.82) is 0 Å². The lowest BCUT2D eigenvalue weighted by Crippen LogP contribution is -2.26. The van der Waals surface area contributed by atoms with Gasteiger partial charge >= 0.3 is 0 Å². The number of rotatable bonds is 4. The molecule has 0 fully saturated rings. The van der Waals surface area contributed by atoms with E-state index in [1.54, 1.807) is 12.1 Å². The number of hydrogen-bond acceptors (Lipinski definition) is 2. The largest absolute Gasteiger partial charge is 0.269 e. The summed E-state index contributed by atoms with van der Waals surface area (Å²) in [5.74, 6) is -0.459. The van der Waals surface area contributed by atoms with Crippen LogP contribution in [-0.2, 0) is 16.4 Å². The van der Waals surface area contributed by atoms with Crippen LogP contribution < -0.4 is 4.31 Å². The molecule has 0 aliphatic heterocycles. The molecule has 2 aromatic carbocycles. The van der Waals surface area contributed by atoms with Gasteiger partial charge in [0.15, 0.2) is 0 Å². The Morgan fingerprint density at radius 1 is 1.00 bits per heavy atom. The first-order valence-corrected chi connectivity index (χ1v) is 7.72. The zero-order valence-electron chi connectivity index (χ0n) is 11.4. The molecule has 0 aromatic heterocycles. The van der Waals surface area contributed by atoms with Crippen LogP contribution in [0.25, 0.3) is 0 Å². The molecule has 0 unspecified atom stereocenters. The maximum atomic E-state index is 12.9. The molecule has 0 aliphatic rings. The highest BCUT2D eigenvalue weighted by atomic mass is 32.2. The van der Waals surface area contributed by atoms with E-state index >= 15 is 0 Å². The third kappa shape index (κ3) is 2.82. The van der Waals surface area contributed by atoms with Crippen molar-refractivity contribution in [2.24, 2.45) is 0 Å². The lowest BCUT2D eigenvalue weighted by atomic mass is 10.1. The van der Waals surface area contributed by atoms with Crippen molar-refractivity contribution < 1.29 is 12.8 Å². The second-order valence-electron chi connectivity index (χ2n) is 4.45. The molecule has 0 saturated heterocycles. The minimum Gasteiger partial charge on any atom is -0.269 e. The van der Waals surface area contributed by atoms with Crippen LogP contribution >= 0.6 is 0 Å². The Hall–Kier alpha value is -1.88. The molecule has 5 heteroatoms. The van der Waals surface area contributed by atoms with E-state index < -0.39 is 15.8 Å². The summed E-state index contributed by atoms with van der Waals surface area (Å²) in [4.78, 5) is 0.0703. The highest BCUT2D eigenvalue weighted by molar-refractivity contribution is 7.92. The van der Waals surface area contributed by atoms with Crippen molar-refractivity contribution in [3.8, 4) is 0 Å². The van der Waals surface area contributed by atoms with E-state index in [0.29, 0.717) is 5.69 Å². The van der Waals surface area contributed by atoms with E-state index in [1.165, 1.54) is 23.5 Å². The van der Waals surface area contributed by atoms with Gasteiger partial charge in [0.05, 0.1) is 10.6 Å². The molecule has 3 nitrogen and oxygen atoms in total. The van der Waals surface area contributed by atoms with Crippen LogP contribution in [0.5, 0.6) is 0 Å². The Kier molecular flexibility index (Phi) is 4.09. The minimum absolute atomic E-state index is 0.0703. The predicted octanol–water partition coefficient (Wildman–Crippen LogP) is 3.21. The zero-order chi connectivity index (χ0) is 14.8. The number of sulfonamides is 1. The van der Waals surface area contributed by atoms with E-state index in [4.69, 9.17) is 0 Å². The number of benzene rings is 2. The first-order valence-electron chi connectivity index (χ1n) is 6.28. The summed E-state index contributed by atoms with van der Waals surface area (Å²) >= 11 is 0. The fourth-order valence-electron chi connectivity index (χ4n) is 1.85. The van der Waals surface area contributed by atoms with Crippen LogP contribution in [0.1, 0.15) is 12.5 Å². The van der Waals surface area contributed by atoms with E-state index in [0.717, 1.165) is 24.1 Å². The van der Waals surface area contributed by atoms with Crippen LogP contribution in [0.4, 0.5) is 10.1 Å². The second kappa shape index (κ2) is 5.63. The molecule has 0 spiro atoms. The number of nitrogens with zero attached hydrogens (tertiary/aromatic N) is 1. The molecule has 0 radical (unpaired) electrons. The summed E-state index contributed by atoms with van der Waals surface area (Å²) < 4.78 is 38.9. The van der Waals surface area contributed by atoms with Gasteiger partial charge in [-0.3, -0.25) is 4.31 Å². The van der Waals surface area contributed by atoms with Gasteiger partial charge in [-0.2, -0.15) is 0 Å².